The molecule has 6 heavy (non-hydrogen) atoms. The van der Waals surface area contributed by atoms with E-state index in [1.807, 2.05) is 0 Å². The van der Waals surface area contributed by atoms with Crippen molar-refractivity contribution in [3.8, 4) is 0 Å². The van der Waals surface area contributed by atoms with Crippen molar-refractivity contribution >= 4 is 86.6 Å². The molecule has 0 saturated heterocycles. The second-order valence-electron chi connectivity index (χ2n) is 0. The van der Waals surface area contributed by atoms with E-state index >= 15 is 0 Å². The first-order valence-electron chi connectivity index (χ1n) is 0.129. The molecule has 0 unspecified atom stereocenters. The number of hydrogen-bond donors (Lipinski definition) is 0. The van der Waals surface area contributed by atoms with Gasteiger partial charge in [-0.2, -0.15) is 0 Å². The molecule has 6 heteroatoms. The summed E-state index contributed by atoms with van der Waals surface area (Å²) in [6.45, 7) is 0. The van der Waals surface area contributed by atoms with Gasteiger partial charge in [0.05, 0.1) is 0 Å². The van der Waals surface area contributed by atoms with Crippen LogP contribution in [-0.2, 0) is 40.2 Å². The summed E-state index contributed by atoms with van der Waals surface area (Å²) >= 11 is 0.889. The molecule has 0 heterocycles. The first-order valence-corrected chi connectivity index (χ1v) is 1.06. The fourth-order valence-corrected chi connectivity index (χ4v) is 0. The molecule has 0 atom stereocenters. The van der Waals surface area contributed by atoms with Crippen molar-refractivity contribution in [3.05, 3.63) is 0 Å². The molecule has 6 radical (unpaired) electrons. The quantitative estimate of drug-likeness (QED) is 0.335. The predicted octanol–water partition coefficient (Wildman–Crippen LogP) is -0.885. The van der Waals surface area contributed by atoms with E-state index in [1.165, 1.54) is 0 Å². The molecule has 0 aromatic rings. The van der Waals surface area contributed by atoms with Gasteiger partial charge in [0, 0.05) is 139 Å². The summed E-state index contributed by atoms with van der Waals surface area (Å²) < 4.78 is 8.22. The van der Waals surface area contributed by atoms with E-state index in [0.717, 1.165) is 19.8 Å². The Morgan fingerprint density at radius 1 is 1.17 bits per heavy atom. The molecule has 0 aliphatic rings. The Balaban J connectivity index is -0.000000000833. The van der Waals surface area contributed by atoms with Crippen molar-refractivity contribution in [1.29, 1.82) is 0 Å². The Labute approximate surface area is 157 Å². The minimum atomic E-state index is 0. The maximum atomic E-state index is 8.22. The van der Waals surface area contributed by atoms with Gasteiger partial charge in [-0.05, 0) is 0 Å². The molecule has 1 nitrogen and oxygen atoms in total. The minimum absolute atomic E-state index is 0. The summed E-state index contributed by atoms with van der Waals surface area (Å²) in [6.07, 6.45) is 0. The second-order valence-corrected chi connectivity index (χ2v) is 0. The van der Waals surface area contributed by atoms with Gasteiger partial charge in [0.15, 0.2) is 0 Å². The molecule has 0 rings (SSSR count). The van der Waals surface area contributed by atoms with Crippen LogP contribution in [0, 0.1) is 35.6 Å². The Kier molecular flexibility index (Phi) is 164. The molecule has 0 fully saturated rings. The third kappa shape index (κ3) is 23.0. The van der Waals surface area contributed by atoms with Gasteiger partial charge in [0.1, 0.15) is 0 Å². The van der Waals surface area contributed by atoms with Crippen LogP contribution in [0.15, 0.2) is 0 Å². The third-order valence-electron chi connectivity index (χ3n) is 0. The molecule has 0 aromatic carbocycles. The standard InChI is InChI=1S/Ba.Ca.Cu.La.O.Pt. The summed E-state index contributed by atoms with van der Waals surface area (Å²) in [4.78, 5) is 0. The Bertz CT molecular complexity index is 15.5. The van der Waals surface area contributed by atoms with Crippen LogP contribution in [-0.4, -0.2) is 86.6 Å². The van der Waals surface area contributed by atoms with E-state index < -0.39 is 0 Å². The van der Waals surface area contributed by atoms with Gasteiger partial charge in [-0.25, -0.2) is 0 Å². The van der Waals surface area contributed by atoms with Gasteiger partial charge in [-0.3, -0.25) is 0 Å². The van der Waals surface area contributed by atoms with E-state index in [1.54, 1.807) is 0 Å². The molecule has 0 N–H and O–H groups in total. The summed E-state index contributed by atoms with van der Waals surface area (Å²) in [7, 11) is 0. The van der Waals surface area contributed by atoms with Gasteiger partial charge in [-0.1, -0.05) is 0 Å². The van der Waals surface area contributed by atoms with E-state index in [-0.39, 0.29) is 139 Å². The van der Waals surface area contributed by atoms with Crippen molar-refractivity contribution in [2.75, 3.05) is 0 Å². The first-order chi connectivity index (χ1) is 1.00. The molecular formula is BaCaCuLaOPt. The summed E-state index contributed by atoms with van der Waals surface area (Å²) in [5.74, 6) is 0. The van der Waals surface area contributed by atoms with Gasteiger partial charge < -0.3 is 0 Å². The SMILES string of the molecule is [Ba].[Ca].[Cu].[La].[O]=[Pt]. The molecule has 0 aliphatic heterocycles. The monoisotopic (exact) mass is 591 g/mol. The molecule has 0 amide bonds. The first kappa shape index (κ1) is 30.5. The average molecular weight is 591 g/mol. The van der Waals surface area contributed by atoms with Crippen molar-refractivity contribution in [2.45, 2.75) is 0 Å². The topological polar surface area (TPSA) is 17.1 Å². The van der Waals surface area contributed by atoms with Gasteiger partial charge in [0.2, 0.25) is 0 Å². The fourth-order valence-electron chi connectivity index (χ4n) is 0. The fraction of sp³-hybridized carbons (Fsp3) is 0. The van der Waals surface area contributed by atoms with Crippen molar-refractivity contribution in [3.63, 3.8) is 0 Å². The zero-order valence-electron chi connectivity index (χ0n) is 3.02. The summed E-state index contributed by atoms with van der Waals surface area (Å²) in [5.41, 5.74) is 0. The van der Waals surface area contributed by atoms with Crippen LogP contribution in [0.25, 0.3) is 0 Å². The van der Waals surface area contributed by atoms with Crippen LogP contribution >= 0.6 is 0 Å². The van der Waals surface area contributed by atoms with E-state index in [4.69, 9.17) is 3.40 Å². The Hall–Kier alpha value is 5.03. The molecule has 34 valence electrons. The van der Waals surface area contributed by atoms with Crippen LogP contribution in [0.1, 0.15) is 0 Å². The third-order valence-corrected chi connectivity index (χ3v) is 0. The predicted molar refractivity (Wildman–Crippen MR) is 12.2 cm³/mol. The van der Waals surface area contributed by atoms with Crippen LogP contribution < -0.4 is 0 Å². The Morgan fingerprint density at radius 2 is 1.17 bits per heavy atom. The second kappa shape index (κ2) is 32.3. The van der Waals surface area contributed by atoms with E-state index in [0.29, 0.717) is 0 Å². The van der Waals surface area contributed by atoms with Crippen molar-refractivity contribution in [1.82, 2.24) is 0 Å². The summed E-state index contributed by atoms with van der Waals surface area (Å²) in [5, 5.41) is 0. The van der Waals surface area contributed by atoms with Crippen LogP contribution in [0.4, 0.5) is 0 Å². The van der Waals surface area contributed by atoms with Gasteiger partial charge in [-0.15, -0.1) is 0 Å². The van der Waals surface area contributed by atoms with Crippen molar-refractivity contribution in [2.24, 2.45) is 0 Å². The van der Waals surface area contributed by atoms with Crippen LogP contribution in [0.5, 0.6) is 0 Å². The number of rotatable bonds is 0. The molecule has 0 spiro atoms. The van der Waals surface area contributed by atoms with Crippen LogP contribution in [0.3, 0.4) is 0 Å². The van der Waals surface area contributed by atoms with Gasteiger partial charge >= 0.3 is 23.2 Å². The molecule has 0 aliphatic carbocycles. The molecule has 0 aromatic heterocycles. The zero-order chi connectivity index (χ0) is 2.00. The number of hydrogen-bond acceptors (Lipinski definition) is 1. The Morgan fingerprint density at radius 3 is 1.17 bits per heavy atom. The summed E-state index contributed by atoms with van der Waals surface area (Å²) in [6, 6.07) is 0. The van der Waals surface area contributed by atoms with Crippen molar-refractivity contribution < 1.29 is 75.8 Å². The average Bonchev–Trinajstić information content (AvgIpc) is 1.00. The zero-order valence-corrected chi connectivity index (χ0v) is 16.5. The van der Waals surface area contributed by atoms with Crippen LogP contribution in [0.2, 0.25) is 0 Å². The van der Waals surface area contributed by atoms with Gasteiger partial charge in [0.25, 0.3) is 0 Å². The molecular weight excluding hydrogens is 591 g/mol. The maximum absolute atomic E-state index is 8.22. The molecule has 0 bridgehead atoms. The normalized spacial score (nSPS) is 1.00. The molecule has 0 saturated carbocycles. The van der Waals surface area contributed by atoms with E-state index in [9.17, 15) is 0 Å². The van der Waals surface area contributed by atoms with E-state index in [2.05, 4.69) is 0 Å².